The number of hydrogen-bond donors (Lipinski definition) is 2. The first-order valence-electron chi connectivity index (χ1n) is 6.07. The normalized spacial score (nSPS) is 19.3. The van der Waals surface area contributed by atoms with Crippen molar-refractivity contribution in [2.24, 2.45) is 0 Å². The van der Waals surface area contributed by atoms with E-state index in [2.05, 4.69) is 10.6 Å². The number of amides is 1. The quantitative estimate of drug-likeness (QED) is 0.885. The molecular formula is C13H17FN2OS. The van der Waals surface area contributed by atoms with Crippen LogP contribution >= 0.6 is 11.8 Å². The molecular weight excluding hydrogens is 251 g/mol. The molecule has 98 valence electrons. The number of halogens is 1. The highest BCUT2D eigenvalue weighted by atomic mass is 32.2. The molecule has 1 aliphatic heterocycles. The van der Waals surface area contributed by atoms with Gasteiger partial charge in [0.2, 0.25) is 0 Å². The average Bonchev–Trinajstić information content (AvgIpc) is 2.39. The van der Waals surface area contributed by atoms with Crippen LogP contribution in [0.1, 0.15) is 23.2 Å². The molecule has 5 heteroatoms. The molecule has 1 atom stereocenters. The maximum atomic E-state index is 13.5. The van der Waals surface area contributed by atoms with E-state index >= 15 is 0 Å². The maximum Gasteiger partial charge on any atom is 0.253 e. The Morgan fingerprint density at radius 3 is 3.00 bits per heavy atom. The van der Waals surface area contributed by atoms with E-state index < -0.39 is 5.82 Å². The Morgan fingerprint density at radius 1 is 1.50 bits per heavy atom. The summed E-state index contributed by atoms with van der Waals surface area (Å²) < 4.78 is 13.5. The molecule has 1 unspecified atom stereocenters. The molecule has 0 radical (unpaired) electrons. The minimum absolute atomic E-state index is 0.198. The molecule has 0 spiro atoms. The van der Waals surface area contributed by atoms with Crippen LogP contribution in [0.5, 0.6) is 0 Å². The number of benzene rings is 1. The summed E-state index contributed by atoms with van der Waals surface area (Å²) in [5.41, 5.74) is 0.631. The summed E-state index contributed by atoms with van der Waals surface area (Å²) in [6, 6.07) is 4.74. The number of carbonyl (C=O) groups excluding carboxylic acids is 1. The van der Waals surface area contributed by atoms with Gasteiger partial charge in [0.25, 0.3) is 5.91 Å². The van der Waals surface area contributed by atoms with Crippen molar-refractivity contribution in [2.75, 3.05) is 23.9 Å². The predicted molar refractivity (Wildman–Crippen MR) is 73.8 cm³/mol. The Hall–Kier alpha value is -1.23. The van der Waals surface area contributed by atoms with E-state index in [9.17, 15) is 9.18 Å². The number of para-hydroxylation sites is 1. The van der Waals surface area contributed by atoms with Gasteiger partial charge in [-0.25, -0.2) is 4.39 Å². The summed E-state index contributed by atoms with van der Waals surface area (Å²) in [4.78, 5) is 12.1. The fraction of sp³-hybridized carbons (Fsp3) is 0.462. The maximum absolute atomic E-state index is 13.5. The molecule has 1 amide bonds. The van der Waals surface area contributed by atoms with Crippen molar-refractivity contribution >= 4 is 23.4 Å². The molecule has 0 saturated carbocycles. The van der Waals surface area contributed by atoms with Crippen molar-refractivity contribution in [3.8, 4) is 0 Å². The monoisotopic (exact) mass is 268 g/mol. The van der Waals surface area contributed by atoms with Gasteiger partial charge in [0, 0.05) is 18.8 Å². The van der Waals surface area contributed by atoms with Crippen molar-refractivity contribution in [2.45, 2.75) is 18.9 Å². The first-order chi connectivity index (χ1) is 8.72. The molecule has 0 bridgehead atoms. The molecule has 3 nitrogen and oxygen atoms in total. The Morgan fingerprint density at radius 2 is 2.33 bits per heavy atom. The standard InChI is InChI=1S/C13H17FN2OS/c1-15-12-10(5-2-6-11(12)14)13(17)16-9-4-3-7-18-8-9/h2,5-6,9,15H,3-4,7-8H2,1H3,(H,16,17). The summed E-state index contributed by atoms with van der Waals surface area (Å²) in [5.74, 6) is 1.50. The summed E-state index contributed by atoms with van der Waals surface area (Å²) in [6.45, 7) is 0. The topological polar surface area (TPSA) is 41.1 Å². The minimum Gasteiger partial charge on any atom is -0.385 e. The van der Waals surface area contributed by atoms with Crippen LogP contribution in [0.3, 0.4) is 0 Å². The molecule has 1 aromatic carbocycles. The van der Waals surface area contributed by atoms with Crippen LogP contribution in [0.15, 0.2) is 18.2 Å². The van der Waals surface area contributed by atoms with Crippen LogP contribution in [0.25, 0.3) is 0 Å². The highest BCUT2D eigenvalue weighted by molar-refractivity contribution is 7.99. The van der Waals surface area contributed by atoms with E-state index in [4.69, 9.17) is 0 Å². The van der Waals surface area contributed by atoms with Gasteiger partial charge in [-0.3, -0.25) is 4.79 Å². The number of thioether (sulfide) groups is 1. The lowest BCUT2D eigenvalue weighted by molar-refractivity contribution is 0.0939. The van der Waals surface area contributed by atoms with Crippen molar-refractivity contribution in [3.05, 3.63) is 29.6 Å². The second kappa shape index (κ2) is 6.09. The van der Waals surface area contributed by atoms with Crippen molar-refractivity contribution in [3.63, 3.8) is 0 Å². The van der Waals surface area contributed by atoms with Gasteiger partial charge in [0.1, 0.15) is 5.82 Å². The second-order valence-corrected chi connectivity index (χ2v) is 5.45. The molecule has 0 aliphatic carbocycles. The lowest BCUT2D eigenvalue weighted by atomic mass is 10.1. The molecule has 1 aromatic rings. The third kappa shape index (κ3) is 2.96. The van der Waals surface area contributed by atoms with Gasteiger partial charge in [0.15, 0.2) is 0 Å². The van der Waals surface area contributed by atoms with Crippen molar-refractivity contribution < 1.29 is 9.18 Å². The van der Waals surface area contributed by atoms with Crippen LogP contribution in [0.2, 0.25) is 0 Å². The smallest absolute Gasteiger partial charge is 0.253 e. The van der Waals surface area contributed by atoms with Gasteiger partial charge < -0.3 is 10.6 Å². The first-order valence-corrected chi connectivity index (χ1v) is 7.22. The van der Waals surface area contributed by atoms with Crippen molar-refractivity contribution in [1.29, 1.82) is 0 Å². The highest BCUT2D eigenvalue weighted by Crippen LogP contribution is 2.21. The average molecular weight is 268 g/mol. The van der Waals surface area contributed by atoms with Crippen LogP contribution in [0, 0.1) is 5.82 Å². The largest absolute Gasteiger partial charge is 0.385 e. The van der Waals surface area contributed by atoms with E-state index in [0.29, 0.717) is 5.56 Å². The van der Waals surface area contributed by atoms with E-state index in [1.165, 1.54) is 6.07 Å². The molecule has 1 saturated heterocycles. The second-order valence-electron chi connectivity index (χ2n) is 4.30. The van der Waals surface area contributed by atoms with Crippen molar-refractivity contribution in [1.82, 2.24) is 5.32 Å². The van der Waals surface area contributed by atoms with Crippen LogP contribution in [-0.2, 0) is 0 Å². The molecule has 1 heterocycles. The molecule has 18 heavy (non-hydrogen) atoms. The molecule has 0 aromatic heterocycles. The number of anilines is 1. The summed E-state index contributed by atoms with van der Waals surface area (Å²) in [5, 5.41) is 5.71. The van der Waals surface area contributed by atoms with Gasteiger partial charge in [-0.1, -0.05) is 6.07 Å². The minimum atomic E-state index is -0.400. The van der Waals surface area contributed by atoms with Gasteiger partial charge in [-0.2, -0.15) is 11.8 Å². The molecule has 1 fully saturated rings. The summed E-state index contributed by atoms with van der Waals surface area (Å²) in [6.07, 6.45) is 2.13. The van der Waals surface area contributed by atoms with Gasteiger partial charge in [-0.15, -0.1) is 0 Å². The first kappa shape index (κ1) is 13.2. The SMILES string of the molecule is CNc1c(F)cccc1C(=O)NC1CCCSC1. The number of hydrogen-bond acceptors (Lipinski definition) is 3. The lowest BCUT2D eigenvalue weighted by Gasteiger charge is -2.23. The zero-order chi connectivity index (χ0) is 13.0. The van der Waals surface area contributed by atoms with E-state index in [1.807, 2.05) is 11.8 Å². The van der Waals surface area contributed by atoms with Gasteiger partial charge in [-0.05, 0) is 30.7 Å². The summed E-state index contributed by atoms with van der Waals surface area (Å²) >= 11 is 1.85. The van der Waals surface area contributed by atoms with E-state index in [1.54, 1.807) is 19.2 Å². The van der Waals surface area contributed by atoms with E-state index in [-0.39, 0.29) is 17.6 Å². The fourth-order valence-corrected chi connectivity index (χ4v) is 3.16. The Kier molecular flexibility index (Phi) is 4.47. The predicted octanol–water partition coefficient (Wildman–Crippen LogP) is 2.49. The van der Waals surface area contributed by atoms with Gasteiger partial charge >= 0.3 is 0 Å². The number of nitrogens with one attached hydrogen (secondary N) is 2. The zero-order valence-corrected chi connectivity index (χ0v) is 11.1. The molecule has 2 rings (SSSR count). The highest BCUT2D eigenvalue weighted by Gasteiger charge is 2.19. The lowest BCUT2D eigenvalue weighted by Crippen LogP contribution is -2.38. The Balaban J connectivity index is 2.10. The molecule has 2 N–H and O–H groups in total. The number of rotatable bonds is 3. The van der Waals surface area contributed by atoms with Crippen LogP contribution < -0.4 is 10.6 Å². The molecule has 1 aliphatic rings. The fourth-order valence-electron chi connectivity index (χ4n) is 2.09. The van der Waals surface area contributed by atoms with Gasteiger partial charge in [0.05, 0.1) is 11.3 Å². The third-order valence-corrected chi connectivity index (χ3v) is 4.22. The Bertz CT molecular complexity index is 433. The van der Waals surface area contributed by atoms with Crippen LogP contribution in [-0.4, -0.2) is 30.5 Å². The zero-order valence-electron chi connectivity index (χ0n) is 10.3. The Labute approximate surface area is 111 Å². The third-order valence-electron chi connectivity index (χ3n) is 3.00. The van der Waals surface area contributed by atoms with E-state index in [0.717, 1.165) is 24.3 Å². The summed E-state index contributed by atoms with van der Waals surface area (Å²) in [7, 11) is 1.62. The number of carbonyl (C=O) groups is 1. The van der Waals surface area contributed by atoms with Crippen LogP contribution in [0.4, 0.5) is 10.1 Å².